The minimum absolute atomic E-state index is 0.155. The summed E-state index contributed by atoms with van der Waals surface area (Å²) in [7, 11) is 0. The molecule has 8 nitrogen and oxygen atoms in total. The summed E-state index contributed by atoms with van der Waals surface area (Å²) in [6.07, 6.45) is 7.63. The minimum Gasteiger partial charge on any atom is -0.465 e. The molecule has 2 fully saturated rings. The Kier molecular flexibility index (Phi) is 6.94. The van der Waals surface area contributed by atoms with Crippen molar-refractivity contribution in [1.82, 2.24) is 4.90 Å². The van der Waals surface area contributed by atoms with E-state index in [-0.39, 0.29) is 37.5 Å². The molecule has 2 saturated heterocycles. The highest BCUT2D eigenvalue weighted by atomic mass is 35.5. The van der Waals surface area contributed by atoms with Gasteiger partial charge in [0.15, 0.2) is 0 Å². The molecule has 0 aliphatic carbocycles. The van der Waals surface area contributed by atoms with Gasteiger partial charge >= 0.3 is 5.97 Å². The molecule has 198 valence electrons. The number of hydrogen-bond acceptors (Lipinski definition) is 6. The fourth-order valence-corrected chi connectivity index (χ4v) is 6.75. The number of aryl methyl sites for hydroxylation is 1. The number of rotatable bonds is 5. The van der Waals surface area contributed by atoms with Gasteiger partial charge in [0.05, 0.1) is 42.0 Å². The third kappa shape index (κ3) is 4.10. The number of fused-ring (bicyclic) bond motifs is 2. The number of para-hydroxylation sites is 1. The fraction of sp³-hybridized carbons (Fsp3) is 0.536. The number of esters is 1. The van der Waals surface area contributed by atoms with Crippen molar-refractivity contribution in [3.63, 3.8) is 0 Å². The Bertz CT molecular complexity index is 1150. The first kappa shape index (κ1) is 25.9. The summed E-state index contributed by atoms with van der Waals surface area (Å²) in [6.45, 7) is 6.01. The number of ether oxygens (including phenoxy) is 2. The van der Waals surface area contributed by atoms with Crippen LogP contribution in [0.2, 0.25) is 5.02 Å². The standard InChI is InChI=1S/C28H33ClN2O6/c1-16(2)14-18(15-32)31-24-26(34)30(23-17(3)8-6-9-19(23)29)12-7-11-28(24)22(25(31)33)21-20(37-28)10-4-5-13-36-27(21)35/h4,6-11,16,18,20-22,24,32H,5,12-15H2,1-3H3/t18-,20-,21+,22+,24?,28+/m1/s1. The van der Waals surface area contributed by atoms with Crippen LogP contribution >= 0.6 is 11.6 Å². The maximum Gasteiger partial charge on any atom is 0.312 e. The lowest BCUT2D eigenvalue weighted by Crippen LogP contribution is -2.58. The monoisotopic (exact) mass is 528 g/mol. The van der Waals surface area contributed by atoms with Gasteiger partial charge in [0.2, 0.25) is 5.91 Å². The van der Waals surface area contributed by atoms with E-state index < -0.39 is 41.6 Å². The van der Waals surface area contributed by atoms with Crippen LogP contribution in [0.15, 0.2) is 42.5 Å². The number of amides is 2. The molecule has 0 bridgehead atoms. The zero-order valence-corrected chi connectivity index (χ0v) is 22.1. The second-order valence-electron chi connectivity index (χ2n) is 10.7. The van der Waals surface area contributed by atoms with Gasteiger partial charge in [-0.2, -0.15) is 0 Å². The quantitative estimate of drug-likeness (QED) is 0.466. The van der Waals surface area contributed by atoms with Crippen molar-refractivity contribution in [3.8, 4) is 0 Å². The Labute approximate surface area is 221 Å². The summed E-state index contributed by atoms with van der Waals surface area (Å²) < 4.78 is 12.1. The molecular formula is C28H33ClN2O6. The van der Waals surface area contributed by atoms with Gasteiger partial charge in [0.25, 0.3) is 5.91 Å². The Balaban J connectivity index is 1.67. The van der Waals surface area contributed by atoms with Crippen LogP contribution in [0, 0.1) is 24.7 Å². The van der Waals surface area contributed by atoms with Crippen LogP contribution in [0.25, 0.3) is 0 Å². The number of carbonyl (C=O) groups is 3. The molecule has 0 saturated carbocycles. The molecule has 37 heavy (non-hydrogen) atoms. The second-order valence-corrected chi connectivity index (χ2v) is 11.1. The van der Waals surface area contributed by atoms with E-state index >= 15 is 0 Å². The summed E-state index contributed by atoms with van der Waals surface area (Å²) in [6, 6.07) is 3.73. The molecule has 1 aromatic rings. The van der Waals surface area contributed by atoms with Gasteiger partial charge in [0, 0.05) is 6.54 Å². The zero-order valence-electron chi connectivity index (χ0n) is 21.3. The molecule has 2 amide bonds. The maximum absolute atomic E-state index is 14.5. The number of benzene rings is 1. The first-order valence-corrected chi connectivity index (χ1v) is 13.3. The van der Waals surface area contributed by atoms with E-state index in [1.54, 1.807) is 17.0 Å². The molecule has 4 aliphatic rings. The number of cyclic esters (lactones) is 1. The number of likely N-dealkylation sites (tertiary alicyclic amines) is 1. The van der Waals surface area contributed by atoms with Crippen LogP contribution in [-0.4, -0.2) is 71.3 Å². The molecule has 4 aliphatic heterocycles. The van der Waals surface area contributed by atoms with Crippen LogP contribution in [0.1, 0.15) is 32.3 Å². The Hall–Kier alpha value is -2.68. The molecular weight excluding hydrogens is 496 g/mol. The van der Waals surface area contributed by atoms with Crippen LogP contribution in [0.4, 0.5) is 5.69 Å². The van der Waals surface area contributed by atoms with Crippen molar-refractivity contribution in [2.75, 3.05) is 24.7 Å². The van der Waals surface area contributed by atoms with E-state index in [9.17, 15) is 19.5 Å². The normalized spacial score (nSPS) is 32.0. The zero-order chi connectivity index (χ0) is 26.5. The lowest BCUT2D eigenvalue weighted by molar-refractivity contribution is -0.155. The summed E-state index contributed by atoms with van der Waals surface area (Å²) in [5.74, 6) is -2.92. The minimum atomic E-state index is -1.38. The summed E-state index contributed by atoms with van der Waals surface area (Å²) in [5, 5.41) is 10.8. The van der Waals surface area contributed by atoms with E-state index in [0.29, 0.717) is 23.6 Å². The Morgan fingerprint density at radius 2 is 1.97 bits per heavy atom. The van der Waals surface area contributed by atoms with Crippen molar-refractivity contribution in [3.05, 3.63) is 53.1 Å². The Morgan fingerprint density at radius 3 is 2.68 bits per heavy atom. The van der Waals surface area contributed by atoms with Crippen molar-refractivity contribution in [2.45, 2.75) is 57.4 Å². The largest absolute Gasteiger partial charge is 0.465 e. The van der Waals surface area contributed by atoms with E-state index in [1.807, 2.05) is 51.1 Å². The number of aliphatic hydroxyl groups excluding tert-OH is 1. The van der Waals surface area contributed by atoms with Crippen molar-refractivity contribution < 1.29 is 29.0 Å². The van der Waals surface area contributed by atoms with Gasteiger partial charge in [-0.25, -0.2) is 0 Å². The van der Waals surface area contributed by atoms with Crippen LogP contribution in [0.5, 0.6) is 0 Å². The number of aliphatic hydroxyl groups is 1. The molecule has 1 N–H and O–H groups in total. The average Bonchev–Trinajstić information content (AvgIpc) is 3.22. The maximum atomic E-state index is 14.5. The third-order valence-corrected chi connectivity index (χ3v) is 8.17. The van der Waals surface area contributed by atoms with Crippen molar-refractivity contribution >= 4 is 35.1 Å². The van der Waals surface area contributed by atoms with E-state index in [1.165, 1.54) is 4.90 Å². The first-order chi connectivity index (χ1) is 17.7. The molecule has 6 atom stereocenters. The van der Waals surface area contributed by atoms with Crippen LogP contribution in [-0.2, 0) is 23.9 Å². The smallest absolute Gasteiger partial charge is 0.312 e. The summed E-state index contributed by atoms with van der Waals surface area (Å²) >= 11 is 6.57. The van der Waals surface area contributed by atoms with E-state index in [4.69, 9.17) is 21.1 Å². The fourth-order valence-electron chi connectivity index (χ4n) is 6.43. The Morgan fingerprint density at radius 1 is 1.19 bits per heavy atom. The van der Waals surface area contributed by atoms with Crippen LogP contribution < -0.4 is 4.90 Å². The summed E-state index contributed by atoms with van der Waals surface area (Å²) in [5.41, 5.74) is 0.00403. The van der Waals surface area contributed by atoms with E-state index in [2.05, 4.69) is 0 Å². The molecule has 9 heteroatoms. The molecule has 4 heterocycles. The molecule has 0 radical (unpaired) electrons. The van der Waals surface area contributed by atoms with Crippen LogP contribution in [0.3, 0.4) is 0 Å². The molecule has 1 spiro atoms. The molecule has 1 unspecified atom stereocenters. The van der Waals surface area contributed by atoms with Gasteiger partial charge in [-0.1, -0.05) is 61.9 Å². The lowest BCUT2D eigenvalue weighted by atomic mass is 9.77. The van der Waals surface area contributed by atoms with E-state index in [0.717, 1.165) is 5.56 Å². The van der Waals surface area contributed by atoms with Gasteiger partial charge in [-0.15, -0.1) is 0 Å². The number of hydrogen-bond donors (Lipinski definition) is 1. The molecule has 1 aromatic carbocycles. The highest BCUT2D eigenvalue weighted by Crippen LogP contribution is 2.54. The highest BCUT2D eigenvalue weighted by molar-refractivity contribution is 6.34. The second kappa shape index (κ2) is 9.89. The van der Waals surface area contributed by atoms with Crippen molar-refractivity contribution in [1.29, 1.82) is 0 Å². The van der Waals surface area contributed by atoms with Crippen molar-refractivity contribution in [2.24, 2.45) is 17.8 Å². The third-order valence-electron chi connectivity index (χ3n) is 7.86. The predicted octanol–water partition coefficient (Wildman–Crippen LogP) is 3.04. The lowest BCUT2D eigenvalue weighted by Gasteiger charge is -2.39. The highest BCUT2D eigenvalue weighted by Gasteiger charge is 2.72. The number of anilines is 1. The number of halogens is 1. The topological polar surface area (TPSA) is 96.4 Å². The van der Waals surface area contributed by atoms with Gasteiger partial charge in [-0.05, 0) is 37.3 Å². The SMILES string of the molecule is Cc1cccc(Cl)c1N1CC=C[C@]23O[C@@H]4C=CCCOC(=O)[C@@H]4[C@H]2C(=O)N([C@@H](CO)CC(C)C)C3C1=O. The predicted molar refractivity (Wildman–Crippen MR) is 138 cm³/mol. The first-order valence-electron chi connectivity index (χ1n) is 12.9. The molecule has 5 rings (SSSR count). The number of nitrogens with zero attached hydrogens (tertiary/aromatic N) is 2. The van der Waals surface area contributed by atoms with Gasteiger partial charge < -0.3 is 24.4 Å². The van der Waals surface area contributed by atoms with Gasteiger partial charge in [-0.3, -0.25) is 14.4 Å². The summed E-state index contributed by atoms with van der Waals surface area (Å²) in [4.78, 5) is 45.0. The molecule has 0 aromatic heterocycles. The average molecular weight is 529 g/mol. The number of carbonyl (C=O) groups excluding carboxylic acids is 3. The van der Waals surface area contributed by atoms with Gasteiger partial charge in [0.1, 0.15) is 17.6 Å².